The zero-order valence-electron chi connectivity index (χ0n) is 9.63. The third-order valence-electron chi connectivity index (χ3n) is 3.20. The molecule has 0 saturated heterocycles. The van der Waals surface area contributed by atoms with Gasteiger partial charge in [0.25, 0.3) is 0 Å². The van der Waals surface area contributed by atoms with E-state index in [1.807, 2.05) is 24.3 Å². The number of halogens is 1. The second-order valence-corrected chi connectivity index (χ2v) is 4.44. The molecular formula is C13H18FNO. The van der Waals surface area contributed by atoms with E-state index in [-0.39, 0.29) is 0 Å². The van der Waals surface area contributed by atoms with Gasteiger partial charge in [-0.3, -0.25) is 0 Å². The first kappa shape index (κ1) is 11.2. The number of ether oxygens (including phenoxy) is 1. The molecule has 0 heterocycles. The van der Waals surface area contributed by atoms with Gasteiger partial charge in [-0.15, -0.1) is 0 Å². The average Bonchev–Trinajstić information content (AvgIpc) is 2.75. The lowest BCUT2D eigenvalue weighted by molar-refractivity contribution is 0.190. The minimum atomic E-state index is -1.00. The van der Waals surface area contributed by atoms with Crippen LogP contribution in [0.4, 0.5) is 10.1 Å². The van der Waals surface area contributed by atoms with E-state index in [9.17, 15) is 4.39 Å². The van der Waals surface area contributed by atoms with Gasteiger partial charge < -0.3 is 10.1 Å². The Hall–Kier alpha value is -1.25. The topological polar surface area (TPSA) is 21.3 Å². The molecule has 3 heteroatoms. The zero-order chi connectivity index (χ0) is 11.4. The summed E-state index contributed by atoms with van der Waals surface area (Å²) >= 11 is 0. The first-order chi connectivity index (χ1) is 7.72. The largest absolute Gasteiger partial charge is 0.497 e. The van der Waals surface area contributed by atoms with Crippen LogP contribution >= 0.6 is 0 Å². The molecule has 88 valence electrons. The molecule has 0 bridgehead atoms. The highest BCUT2D eigenvalue weighted by atomic mass is 19.1. The van der Waals surface area contributed by atoms with Crippen molar-refractivity contribution < 1.29 is 9.13 Å². The van der Waals surface area contributed by atoms with Crippen LogP contribution in [0.5, 0.6) is 5.75 Å². The summed E-state index contributed by atoms with van der Waals surface area (Å²) in [7, 11) is 1.64. The van der Waals surface area contributed by atoms with Crippen molar-refractivity contribution in [1.82, 2.24) is 0 Å². The van der Waals surface area contributed by atoms with Crippen molar-refractivity contribution in [2.24, 2.45) is 0 Å². The molecule has 1 aromatic carbocycles. The molecule has 2 nitrogen and oxygen atoms in total. The van der Waals surface area contributed by atoms with E-state index in [2.05, 4.69) is 5.32 Å². The Morgan fingerprint density at radius 3 is 2.44 bits per heavy atom. The molecule has 16 heavy (non-hydrogen) atoms. The average molecular weight is 223 g/mol. The minimum Gasteiger partial charge on any atom is -0.497 e. The Balaban J connectivity index is 1.89. The first-order valence-electron chi connectivity index (χ1n) is 5.79. The lowest BCUT2D eigenvalue weighted by Gasteiger charge is -2.20. The van der Waals surface area contributed by atoms with Gasteiger partial charge in [0.1, 0.15) is 11.4 Å². The van der Waals surface area contributed by atoms with Crippen LogP contribution in [-0.2, 0) is 0 Å². The monoisotopic (exact) mass is 223 g/mol. The predicted molar refractivity (Wildman–Crippen MR) is 63.8 cm³/mol. The van der Waals surface area contributed by atoms with Crippen molar-refractivity contribution in [2.45, 2.75) is 31.4 Å². The van der Waals surface area contributed by atoms with Crippen molar-refractivity contribution in [3.05, 3.63) is 24.3 Å². The van der Waals surface area contributed by atoms with E-state index in [1.54, 1.807) is 7.11 Å². The third-order valence-corrected chi connectivity index (χ3v) is 3.20. The summed E-state index contributed by atoms with van der Waals surface area (Å²) in [5.74, 6) is 0.821. The van der Waals surface area contributed by atoms with Crippen LogP contribution in [0, 0.1) is 0 Å². The Morgan fingerprint density at radius 2 is 1.88 bits per heavy atom. The quantitative estimate of drug-likeness (QED) is 0.844. The molecule has 0 aromatic heterocycles. The number of alkyl halides is 1. The van der Waals surface area contributed by atoms with E-state index in [1.165, 1.54) is 0 Å². The molecule has 1 saturated carbocycles. The van der Waals surface area contributed by atoms with Gasteiger partial charge in [-0.2, -0.15) is 0 Å². The van der Waals surface area contributed by atoms with Crippen LogP contribution in [-0.4, -0.2) is 19.3 Å². The molecule has 0 unspecified atom stereocenters. The minimum absolute atomic E-state index is 0.416. The van der Waals surface area contributed by atoms with Crippen molar-refractivity contribution in [3.8, 4) is 5.75 Å². The molecule has 1 aliphatic rings. The number of rotatable bonds is 4. The molecule has 0 atom stereocenters. The zero-order valence-corrected chi connectivity index (χ0v) is 9.63. The van der Waals surface area contributed by atoms with E-state index in [0.29, 0.717) is 19.4 Å². The van der Waals surface area contributed by atoms with Gasteiger partial charge >= 0.3 is 0 Å². The maximum atomic E-state index is 14.1. The fourth-order valence-corrected chi connectivity index (χ4v) is 2.15. The number of hydrogen-bond acceptors (Lipinski definition) is 2. The molecule has 0 radical (unpaired) electrons. The molecule has 1 aromatic rings. The molecule has 0 aliphatic heterocycles. The van der Waals surface area contributed by atoms with E-state index in [4.69, 9.17) is 4.74 Å². The van der Waals surface area contributed by atoms with Gasteiger partial charge in [0, 0.05) is 12.2 Å². The summed E-state index contributed by atoms with van der Waals surface area (Å²) in [6, 6.07) is 7.58. The Bertz CT molecular complexity index is 330. The van der Waals surface area contributed by atoms with Crippen LogP contribution in [0.15, 0.2) is 24.3 Å². The van der Waals surface area contributed by atoms with Crippen molar-refractivity contribution >= 4 is 5.69 Å². The summed E-state index contributed by atoms with van der Waals surface area (Å²) in [5.41, 5.74) is -0.0513. The van der Waals surface area contributed by atoms with E-state index < -0.39 is 5.67 Å². The normalized spacial score (nSPS) is 18.4. The SMILES string of the molecule is COc1ccc(NCC2(F)CCCC2)cc1. The van der Waals surface area contributed by atoms with Gasteiger partial charge in [-0.05, 0) is 37.1 Å². The molecule has 1 N–H and O–H groups in total. The highest BCUT2D eigenvalue weighted by molar-refractivity contribution is 5.46. The summed E-state index contributed by atoms with van der Waals surface area (Å²) in [6.45, 7) is 0.416. The second kappa shape index (κ2) is 4.73. The van der Waals surface area contributed by atoms with Crippen molar-refractivity contribution in [2.75, 3.05) is 19.0 Å². The number of nitrogens with one attached hydrogen (secondary N) is 1. The molecular weight excluding hydrogens is 205 g/mol. The fourth-order valence-electron chi connectivity index (χ4n) is 2.15. The molecule has 1 aliphatic carbocycles. The van der Waals surface area contributed by atoms with Gasteiger partial charge in [0.15, 0.2) is 0 Å². The van der Waals surface area contributed by atoms with Gasteiger partial charge in [-0.1, -0.05) is 12.8 Å². The summed E-state index contributed by atoms with van der Waals surface area (Å²) in [6.07, 6.45) is 3.41. The molecule has 0 amide bonds. The van der Waals surface area contributed by atoms with Crippen LogP contribution in [0.2, 0.25) is 0 Å². The number of methoxy groups -OCH3 is 1. The highest BCUT2D eigenvalue weighted by Crippen LogP contribution is 2.33. The Morgan fingerprint density at radius 1 is 1.25 bits per heavy atom. The maximum Gasteiger partial charge on any atom is 0.128 e. The van der Waals surface area contributed by atoms with E-state index in [0.717, 1.165) is 24.3 Å². The third kappa shape index (κ3) is 2.65. The highest BCUT2D eigenvalue weighted by Gasteiger charge is 2.33. The number of anilines is 1. The van der Waals surface area contributed by atoms with Gasteiger partial charge in [0.05, 0.1) is 7.11 Å². The van der Waals surface area contributed by atoms with Gasteiger partial charge in [-0.25, -0.2) is 4.39 Å². The lowest BCUT2D eigenvalue weighted by atomic mass is 10.1. The van der Waals surface area contributed by atoms with Crippen LogP contribution in [0.25, 0.3) is 0 Å². The number of benzene rings is 1. The Labute approximate surface area is 95.8 Å². The van der Waals surface area contributed by atoms with Crippen LogP contribution in [0.1, 0.15) is 25.7 Å². The standard InChI is InChI=1S/C13H18FNO/c1-16-12-6-4-11(5-7-12)15-10-13(14)8-2-3-9-13/h4-7,15H,2-3,8-10H2,1H3. The molecule has 2 rings (SSSR count). The summed E-state index contributed by atoms with van der Waals surface area (Å²) < 4.78 is 19.1. The number of hydrogen-bond donors (Lipinski definition) is 1. The van der Waals surface area contributed by atoms with Crippen LogP contribution < -0.4 is 10.1 Å². The van der Waals surface area contributed by atoms with Crippen LogP contribution in [0.3, 0.4) is 0 Å². The summed E-state index contributed by atoms with van der Waals surface area (Å²) in [5, 5.41) is 3.15. The van der Waals surface area contributed by atoms with Gasteiger partial charge in [0.2, 0.25) is 0 Å². The van der Waals surface area contributed by atoms with Crippen molar-refractivity contribution in [1.29, 1.82) is 0 Å². The maximum absolute atomic E-state index is 14.1. The fraction of sp³-hybridized carbons (Fsp3) is 0.538. The van der Waals surface area contributed by atoms with E-state index >= 15 is 0 Å². The smallest absolute Gasteiger partial charge is 0.128 e. The lowest BCUT2D eigenvalue weighted by Crippen LogP contribution is -2.28. The summed E-state index contributed by atoms with van der Waals surface area (Å²) in [4.78, 5) is 0. The Kier molecular flexibility index (Phi) is 3.32. The van der Waals surface area contributed by atoms with Crippen molar-refractivity contribution in [3.63, 3.8) is 0 Å². The molecule has 0 spiro atoms. The molecule has 1 fully saturated rings. The first-order valence-corrected chi connectivity index (χ1v) is 5.79. The second-order valence-electron chi connectivity index (χ2n) is 4.44. The predicted octanol–water partition coefficient (Wildman–Crippen LogP) is 3.39.